The first-order chi connectivity index (χ1) is 13.4. The van der Waals surface area contributed by atoms with Crippen LogP contribution in [-0.2, 0) is 17.5 Å². The molecule has 0 bridgehead atoms. The first-order valence-corrected chi connectivity index (χ1v) is 9.63. The SMILES string of the molecule is O=C(Cn1nnc(-c2cccc(C(F)(F)F)c2)n1)N1CC[C@@H]2CCCC[C@@H]2C1. The molecule has 28 heavy (non-hydrogen) atoms. The molecular weight excluding hydrogens is 371 g/mol. The van der Waals surface area contributed by atoms with Crippen molar-refractivity contribution in [2.75, 3.05) is 13.1 Å². The number of halogens is 3. The van der Waals surface area contributed by atoms with Gasteiger partial charge in [0.15, 0.2) is 0 Å². The minimum absolute atomic E-state index is 0.0522. The Morgan fingerprint density at radius 1 is 1.14 bits per heavy atom. The molecular formula is C19H22F3N5O. The third-order valence-electron chi connectivity index (χ3n) is 5.82. The Balaban J connectivity index is 1.42. The molecule has 4 rings (SSSR count). The molecule has 2 atom stereocenters. The van der Waals surface area contributed by atoms with Gasteiger partial charge in [-0.1, -0.05) is 31.4 Å². The van der Waals surface area contributed by atoms with Crippen LogP contribution in [0.1, 0.15) is 37.7 Å². The van der Waals surface area contributed by atoms with E-state index in [0.29, 0.717) is 5.92 Å². The Morgan fingerprint density at radius 2 is 1.93 bits per heavy atom. The third-order valence-corrected chi connectivity index (χ3v) is 5.82. The fourth-order valence-electron chi connectivity index (χ4n) is 4.31. The van der Waals surface area contributed by atoms with E-state index in [2.05, 4.69) is 15.4 Å². The molecule has 1 saturated carbocycles. The van der Waals surface area contributed by atoms with Gasteiger partial charge in [-0.3, -0.25) is 4.79 Å². The van der Waals surface area contributed by atoms with Gasteiger partial charge in [0.05, 0.1) is 5.56 Å². The highest BCUT2D eigenvalue weighted by Crippen LogP contribution is 2.36. The standard InChI is InChI=1S/C19H22F3N5O/c20-19(21,22)16-7-3-6-14(10-16)18-23-25-27(24-18)12-17(28)26-9-8-13-4-1-2-5-15(13)11-26/h3,6-7,10,13,15H,1-2,4-5,8-9,11-12H2/t13-,15+/m0/s1. The third kappa shape index (κ3) is 4.02. The molecule has 2 fully saturated rings. The van der Waals surface area contributed by atoms with E-state index < -0.39 is 11.7 Å². The summed E-state index contributed by atoms with van der Waals surface area (Å²) >= 11 is 0. The number of tetrazole rings is 1. The number of fused-ring (bicyclic) bond motifs is 1. The molecule has 0 radical (unpaired) electrons. The van der Waals surface area contributed by atoms with Gasteiger partial charge in [-0.05, 0) is 42.0 Å². The summed E-state index contributed by atoms with van der Waals surface area (Å²) in [6.07, 6.45) is 1.56. The Bertz CT molecular complexity index is 850. The Labute approximate surface area is 160 Å². The van der Waals surface area contributed by atoms with Gasteiger partial charge >= 0.3 is 6.18 Å². The number of aromatic nitrogens is 4. The van der Waals surface area contributed by atoms with Crippen molar-refractivity contribution in [2.45, 2.75) is 44.8 Å². The number of piperidine rings is 1. The lowest BCUT2D eigenvalue weighted by Gasteiger charge is -2.41. The second-order valence-corrected chi connectivity index (χ2v) is 7.66. The quantitative estimate of drug-likeness (QED) is 0.802. The van der Waals surface area contributed by atoms with E-state index in [-0.39, 0.29) is 23.8 Å². The van der Waals surface area contributed by atoms with Crippen LogP contribution in [0.4, 0.5) is 13.2 Å². The van der Waals surface area contributed by atoms with Crippen LogP contribution in [0, 0.1) is 11.8 Å². The molecule has 1 aromatic carbocycles. The van der Waals surface area contributed by atoms with Crippen LogP contribution in [0.3, 0.4) is 0 Å². The minimum atomic E-state index is -4.44. The second-order valence-electron chi connectivity index (χ2n) is 7.66. The van der Waals surface area contributed by atoms with Crippen molar-refractivity contribution in [1.82, 2.24) is 25.1 Å². The predicted molar refractivity (Wildman–Crippen MR) is 94.9 cm³/mol. The average Bonchev–Trinajstić information content (AvgIpc) is 3.15. The summed E-state index contributed by atoms with van der Waals surface area (Å²) in [6.45, 7) is 1.47. The number of amides is 1. The number of carbonyl (C=O) groups is 1. The highest BCUT2D eigenvalue weighted by molar-refractivity contribution is 5.76. The van der Waals surface area contributed by atoms with Crippen molar-refractivity contribution >= 4 is 5.91 Å². The summed E-state index contributed by atoms with van der Waals surface area (Å²) in [5.41, 5.74) is -0.552. The zero-order chi connectivity index (χ0) is 19.7. The topological polar surface area (TPSA) is 63.9 Å². The molecule has 9 heteroatoms. The molecule has 1 aliphatic carbocycles. The molecule has 1 saturated heterocycles. The highest BCUT2D eigenvalue weighted by Gasteiger charge is 2.33. The van der Waals surface area contributed by atoms with Crippen LogP contribution in [0.25, 0.3) is 11.4 Å². The van der Waals surface area contributed by atoms with Crippen molar-refractivity contribution in [3.8, 4) is 11.4 Å². The van der Waals surface area contributed by atoms with Crippen LogP contribution in [-0.4, -0.2) is 44.1 Å². The fourth-order valence-corrected chi connectivity index (χ4v) is 4.31. The maximum Gasteiger partial charge on any atom is 0.416 e. The van der Waals surface area contributed by atoms with Crippen LogP contribution >= 0.6 is 0 Å². The molecule has 150 valence electrons. The molecule has 0 spiro atoms. The van der Waals surface area contributed by atoms with E-state index in [1.165, 1.54) is 37.8 Å². The molecule has 1 aliphatic heterocycles. The smallest absolute Gasteiger partial charge is 0.341 e. The van der Waals surface area contributed by atoms with Crippen LogP contribution in [0.2, 0.25) is 0 Å². The van der Waals surface area contributed by atoms with E-state index in [1.54, 1.807) is 0 Å². The van der Waals surface area contributed by atoms with Crippen molar-refractivity contribution in [1.29, 1.82) is 0 Å². The summed E-state index contributed by atoms with van der Waals surface area (Å²) < 4.78 is 38.6. The first kappa shape index (κ1) is 18.9. The number of hydrogen-bond donors (Lipinski definition) is 0. The zero-order valence-electron chi connectivity index (χ0n) is 15.4. The van der Waals surface area contributed by atoms with Gasteiger partial charge in [-0.15, -0.1) is 10.2 Å². The fraction of sp³-hybridized carbons (Fsp3) is 0.579. The average molecular weight is 393 g/mol. The molecule has 0 unspecified atom stereocenters. The number of alkyl halides is 3. The number of hydrogen-bond acceptors (Lipinski definition) is 4. The molecule has 1 aromatic heterocycles. The Hall–Kier alpha value is -2.45. The second kappa shape index (κ2) is 7.52. The number of rotatable bonds is 3. The summed E-state index contributed by atoms with van der Waals surface area (Å²) in [7, 11) is 0. The molecule has 2 aliphatic rings. The number of nitrogens with zero attached hydrogens (tertiary/aromatic N) is 5. The van der Waals surface area contributed by atoms with Crippen molar-refractivity contribution in [3.05, 3.63) is 29.8 Å². The summed E-state index contributed by atoms with van der Waals surface area (Å²) in [5, 5.41) is 11.8. The zero-order valence-corrected chi connectivity index (χ0v) is 15.4. The monoisotopic (exact) mass is 393 g/mol. The van der Waals surface area contributed by atoms with Crippen molar-refractivity contribution in [3.63, 3.8) is 0 Å². The summed E-state index contributed by atoms with van der Waals surface area (Å²) in [5.74, 6) is 1.31. The molecule has 1 amide bonds. The molecule has 2 heterocycles. The molecule has 6 nitrogen and oxygen atoms in total. The maximum atomic E-state index is 12.9. The van der Waals surface area contributed by atoms with E-state index in [0.717, 1.165) is 42.4 Å². The highest BCUT2D eigenvalue weighted by atomic mass is 19.4. The van der Waals surface area contributed by atoms with Gasteiger partial charge in [0.25, 0.3) is 0 Å². The van der Waals surface area contributed by atoms with Gasteiger partial charge in [0.2, 0.25) is 11.7 Å². The summed E-state index contributed by atoms with van der Waals surface area (Å²) in [4.78, 5) is 15.6. The van der Waals surface area contributed by atoms with Gasteiger partial charge in [0.1, 0.15) is 6.54 Å². The minimum Gasteiger partial charge on any atom is -0.341 e. The maximum absolute atomic E-state index is 12.9. The molecule has 0 N–H and O–H groups in total. The predicted octanol–water partition coefficient (Wildman–Crippen LogP) is 3.40. The van der Waals surface area contributed by atoms with E-state index in [1.807, 2.05) is 4.90 Å². The van der Waals surface area contributed by atoms with Crippen LogP contribution < -0.4 is 0 Å². The van der Waals surface area contributed by atoms with E-state index in [4.69, 9.17) is 0 Å². The van der Waals surface area contributed by atoms with Gasteiger partial charge in [-0.2, -0.15) is 18.0 Å². The van der Waals surface area contributed by atoms with Crippen LogP contribution in [0.5, 0.6) is 0 Å². The Kier molecular flexibility index (Phi) is 5.07. The normalized spacial score (nSPS) is 22.8. The Morgan fingerprint density at radius 3 is 2.71 bits per heavy atom. The van der Waals surface area contributed by atoms with Crippen LogP contribution in [0.15, 0.2) is 24.3 Å². The number of likely N-dealkylation sites (tertiary alicyclic amines) is 1. The lowest BCUT2D eigenvalue weighted by Crippen LogP contribution is -2.46. The van der Waals surface area contributed by atoms with E-state index in [9.17, 15) is 18.0 Å². The lowest BCUT2D eigenvalue weighted by atomic mass is 9.75. The van der Waals surface area contributed by atoms with E-state index >= 15 is 0 Å². The van der Waals surface area contributed by atoms with Crippen molar-refractivity contribution in [2.24, 2.45) is 11.8 Å². The first-order valence-electron chi connectivity index (χ1n) is 9.63. The van der Waals surface area contributed by atoms with Gasteiger partial charge in [-0.25, -0.2) is 0 Å². The number of benzene rings is 1. The summed E-state index contributed by atoms with van der Waals surface area (Å²) in [6, 6.07) is 4.77. The largest absolute Gasteiger partial charge is 0.416 e. The van der Waals surface area contributed by atoms with Gasteiger partial charge < -0.3 is 4.90 Å². The lowest BCUT2D eigenvalue weighted by molar-refractivity contribution is -0.137. The van der Waals surface area contributed by atoms with Gasteiger partial charge in [0, 0.05) is 18.7 Å². The molecule has 2 aromatic rings. The van der Waals surface area contributed by atoms with Crippen molar-refractivity contribution < 1.29 is 18.0 Å². The number of carbonyl (C=O) groups excluding carboxylic acids is 1.